The molecule has 0 aliphatic heterocycles. The molecule has 0 atom stereocenters. The zero-order valence-electron chi connectivity index (χ0n) is 31.9. The first kappa shape index (κ1) is 34.3. The van der Waals surface area contributed by atoms with Crippen molar-refractivity contribution in [2.45, 2.75) is 26.2 Å². The summed E-state index contributed by atoms with van der Waals surface area (Å²) in [6.45, 7) is 6.73. The number of para-hydroxylation sites is 3. The van der Waals surface area contributed by atoms with Gasteiger partial charge < -0.3 is 9.52 Å². The molecule has 1 N–H and O–H groups in total. The third-order valence-corrected chi connectivity index (χ3v) is 10.9. The Morgan fingerprint density at radius 2 is 1.25 bits per heavy atom. The van der Waals surface area contributed by atoms with Gasteiger partial charge in [-0.2, -0.15) is 0 Å². The first-order valence-electron chi connectivity index (χ1n) is 19.3. The summed E-state index contributed by atoms with van der Waals surface area (Å²) < 4.78 is 8.61. The van der Waals surface area contributed by atoms with Gasteiger partial charge in [0.1, 0.15) is 22.5 Å². The van der Waals surface area contributed by atoms with E-state index in [1.165, 1.54) is 16.7 Å². The van der Waals surface area contributed by atoms with Crippen molar-refractivity contribution >= 4 is 33.0 Å². The maximum Gasteiger partial charge on any atom is 0.153 e. The van der Waals surface area contributed by atoms with E-state index < -0.39 is 0 Å². The molecule has 10 aromatic rings. The Labute approximate surface area is 331 Å². The van der Waals surface area contributed by atoms with E-state index in [9.17, 15) is 5.11 Å². The quantitative estimate of drug-likeness (QED) is 0.185. The van der Waals surface area contributed by atoms with E-state index >= 15 is 0 Å². The molecule has 5 heteroatoms. The van der Waals surface area contributed by atoms with Crippen molar-refractivity contribution in [3.63, 3.8) is 0 Å². The normalized spacial score (nSPS) is 11.8. The highest BCUT2D eigenvalue weighted by molar-refractivity contribution is 6.11. The minimum Gasteiger partial charge on any atom is -0.507 e. The Balaban J connectivity index is 1.15. The predicted octanol–water partition coefficient (Wildman–Crippen LogP) is 13.7. The molecule has 3 aromatic heterocycles. The third kappa shape index (κ3) is 6.05. The molecular formula is C52H39N3O2. The number of pyridine rings is 1. The largest absolute Gasteiger partial charge is 0.507 e. The number of imidazole rings is 1. The zero-order chi connectivity index (χ0) is 38.7. The number of rotatable bonds is 6. The summed E-state index contributed by atoms with van der Waals surface area (Å²) in [6.07, 6.45) is 1.90. The first-order valence-corrected chi connectivity index (χ1v) is 19.3. The summed E-state index contributed by atoms with van der Waals surface area (Å²) >= 11 is 0. The molecule has 0 aliphatic rings. The van der Waals surface area contributed by atoms with E-state index in [1.54, 1.807) is 6.07 Å². The van der Waals surface area contributed by atoms with Crippen LogP contribution in [0.15, 0.2) is 180 Å². The standard InChI is InChI=1S/C52H39N3O2/c1-52(2,3)39-30-37(29-38(31-39)44-32-36(27-28-53-44)35-23-21-34(22-24-35)33-13-6-4-7-14-33)41-18-12-19-45-49(41)54-51(55(45)40-15-8-5-9-16-40)48-46(56)26-25-43-42-17-10-11-20-47(42)57-50(43)48/h4-32,56H,1-3H3. The summed E-state index contributed by atoms with van der Waals surface area (Å²) in [5, 5.41) is 13.5. The van der Waals surface area contributed by atoms with Gasteiger partial charge in [0.25, 0.3) is 0 Å². The second kappa shape index (κ2) is 13.5. The fourth-order valence-corrected chi connectivity index (χ4v) is 7.95. The van der Waals surface area contributed by atoms with Crippen molar-refractivity contribution in [2.75, 3.05) is 0 Å². The van der Waals surface area contributed by atoms with Gasteiger partial charge in [0.05, 0.1) is 16.7 Å². The van der Waals surface area contributed by atoms with Crippen molar-refractivity contribution in [3.05, 3.63) is 182 Å². The second-order valence-corrected chi connectivity index (χ2v) is 15.6. The van der Waals surface area contributed by atoms with Gasteiger partial charge >= 0.3 is 0 Å². The summed E-state index contributed by atoms with van der Waals surface area (Å²) in [6, 6.07) is 58.4. The van der Waals surface area contributed by atoms with E-state index in [0.29, 0.717) is 17.0 Å². The van der Waals surface area contributed by atoms with Gasteiger partial charge in [-0.1, -0.05) is 130 Å². The molecule has 0 saturated heterocycles. The van der Waals surface area contributed by atoms with Crippen molar-refractivity contribution in [1.29, 1.82) is 0 Å². The molecule has 0 radical (unpaired) electrons. The molecule has 10 rings (SSSR count). The molecule has 274 valence electrons. The molecule has 0 bridgehead atoms. The number of aromatic hydroxyl groups is 1. The van der Waals surface area contributed by atoms with Gasteiger partial charge in [-0.3, -0.25) is 9.55 Å². The van der Waals surface area contributed by atoms with Crippen LogP contribution in [0.3, 0.4) is 0 Å². The van der Waals surface area contributed by atoms with Crippen LogP contribution in [0.25, 0.3) is 94.7 Å². The fraction of sp³-hybridized carbons (Fsp3) is 0.0769. The van der Waals surface area contributed by atoms with Gasteiger partial charge in [-0.05, 0) is 99.5 Å². The van der Waals surface area contributed by atoms with Gasteiger partial charge in [-0.15, -0.1) is 0 Å². The van der Waals surface area contributed by atoms with E-state index in [1.807, 2.05) is 60.8 Å². The maximum atomic E-state index is 11.6. The molecular weight excluding hydrogens is 699 g/mol. The lowest BCUT2D eigenvalue weighted by molar-refractivity contribution is 0.476. The summed E-state index contributed by atoms with van der Waals surface area (Å²) in [7, 11) is 0. The Hall–Kier alpha value is -7.24. The first-order chi connectivity index (χ1) is 27.8. The number of phenols is 1. The number of furan rings is 1. The molecule has 0 unspecified atom stereocenters. The van der Waals surface area contributed by atoms with Crippen molar-refractivity contribution in [2.24, 2.45) is 0 Å². The number of fused-ring (bicyclic) bond motifs is 4. The van der Waals surface area contributed by atoms with Crippen LogP contribution in [-0.2, 0) is 5.41 Å². The molecule has 0 saturated carbocycles. The molecule has 57 heavy (non-hydrogen) atoms. The van der Waals surface area contributed by atoms with Crippen LogP contribution in [0.2, 0.25) is 0 Å². The Bertz CT molecular complexity index is 3100. The van der Waals surface area contributed by atoms with Gasteiger partial charge in [0.15, 0.2) is 5.82 Å². The highest BCUT2D eigenvalue weighted by atomic mass is 16.3. The van der Waals surface area contributed by atoms with Crippen LogP contribution in [-0.4, -0.2) is 19.6 Å². The topological polar surface area (TPSA) is 64.1 Å². The molecule has 3 heterocycles. The van der Waals surface area contributed by atoms with Crippen molar-refractivity contribution < 1.29 is 9.52 Å². The second-order valence-electron chi connectivity index (χ2n) is 15.6. The minimum atomic E-state index is -0.138. The summed E-state index contributed by atoms with van der Waals surface area (Å²) in [4.78, 5) is 10.3. The van der Waals surface area contributed by atoms with Gasteiger partial charge in [0, 0.05) is 33.8 Å². The minimum absolute atomic E-state index is 0.105. The van der Waals surface area contributed by atoms with E-state index in [0.717, 1.165) is 66.6 Å². The van der Waals surface area contributed by atoms with Crippen LogP contribution in [0, 0.1) is 0 Å². The van der Waals surface area contributed by atoms with Gasteiger partial charge in [0.2, 0.25) is 0 Å². The Morgan fingerprint density at radius 1 is 0.561 bits per heavy atom. The molecule has 0 spiro atoms. The third-order valence-electron chi connectivity index (χ3n) is 10.9. The Kier molecular flexibility index (Phi) is 8.12. The van der Waals surface area contributed by atoms with Gasteiger partial charge in [-0.25, -0.2) is 4.98 Å². The van der Waals surface area contributed by atoms with E-state index in [-0.39, 0.29) is 11.2 Å². The highest BCUT2D eigenvalue weighted by Gasteiger charge is 2.25. The highest BCUT2D eigenvalue weighted by Crippen LogP contribution is 2.44. The molecule has 0 fully saturated rings. The summed E-state index contributed by atoms with van der Waals surface area (Å²) in [5.41, 5.74) is 14.2. The number of nitrogens with zero attached hydrogens (tertiary/aromatic N) is 3. The number of hydrogen-bond acceptors (Lipinski definition) is 4. The van der Waals surface area contributed by atoms with Crippen LogP contribution in [0.5, 0.6) is 5.75 Å². The molecule has 0 amide bonds. The van der Waals surface area contributed by atoms with Crippen molar-refractivity contribution in [1.82, 2.24) is 14.5 Å². The zero-order valence-corrected chi connectivity index (χ0v) is 31.9. The average Bonchev–Trinajstić information content (AvgIpc) is 3.82. The Morgan fingerprint density at radius 3 is 2.02 bits per heavy atom. The van der Waals surface area contributed by atoms with Crippen molar-refractivity contribution in [3.8, 4) is 67.5 Å². The molecule has 0 aliphatic carbocycles. The van der Waals surface area contributed by atoms with Crippen LogP contribution < -0.4 is 0 Å². The number of phenolic OH excluding ortho intramolecular Hbond substituents is 1. The van der Waals surface area contributed by atoms with Crippen LogP contribution in [0.1, 0.15) is 26.3 Å². The lowest BCUT2D eigenvalue weighted by atomic mass is 9.83. The number of benzene rings is 7. The van der Waals surface area contributed by atoms with Crippen LogP contribution >= 0.6 is 0 Å². The maximum absolute atomic E-state index is 11.6. The lowest BCUT2D eigenvalue weighted by Gasteiger charge is -2.22. The van der Waals surface area contributed by atoms with Crippen LogP contribution in [0.4, 0.5) is 0 Å². The number of aromatic nitrogens is 3. The molecule has 5 nitrogen and oxygen atoms in total. The van der Waals surface area contributed by atoms with E-state index in [4.69, 9.17) is 14.4 Å². The van der Waals surface area contributed by atoms with E-state index in [2.05, 4.69) is 135 Å². The lowest BCUT2D eigenvalue weighted by Crippen LogP contribution is -2.11. The molecule has 7 aromatic carbocycles. The predicted molar refractivity (Wildman–Crippen MR) is 234 cm³/mol. The SMILES string of the molecule is CC(C)(C)c1cc(-c2cc(-c3ccc(-c4ccccc4)cc3)ccn2)cc(-c2cccc3c2nc(-c2c(O)ccc4c2oc2ccccc24)n3-c2ccccc2)c1. The smallest absolute Gasteiger partial charge is 0.153 e. The monoisotopic (exact) mass is 737 g/mol. The average molecular weight is 738 g/mol. The fourth-order valence-electron chi connectivity index (χ4n) is 7.95. The number of hydrogen-bond donors (Lipinski definition) is 1. The summed E-state index contributed by atoms with van der Waals surface area (Å²) in [5.74, 6) is 0.707.